The summed E-state index contributed by atoms with van der Waals surface area (Å²) in [6.07, 6.45) is 5.50. The van der Waals surface area contributed by atoms with Crippen molar-refractivity contribution < 1.29 is 14.4 Å². The summed E-state index contributed by atoms with van der Waals surface area (Å²) in [4.78, 5) is 36.6. The number of hydrogen-bond acceptors (Lipinski definition) is 4. The van der Waals surface area contributed by atoms with Crippen LogP contribution < -0.4 is 5.32 Å². The molecule has 0 spiro atoms. The van der Waals surface area contributed by atoms with E-state index in [0.29, 0.717) is 0 Å². The minimum Gasteiger partial charge on any atom is -0.352 e. The van der Waals surface area contributed by atoms with Gasteiger partial charge in [0.05, 0.1) is 11.0 Å². The van der Waals surface area contributed by atoms with Crippen LogP contribution in [-0.4, -0.2) is 46.2 Å². The van der Waals surface area contributed by atoms with E-state index in [4.69, 9.17) is 0 Å². The van der Waals surface area contributed by atoms with Crippen molar-refractivity contribution in [2.75, 3.05) is 12.3 Å². The lowest BCUT2D eigenvalue weighted by Crippen LogP contribution is -2.52. The van der Waals surface area contributed by atoms with E-state index in [0.717, 1.165) is 30.6 Å². The average Bonchev–Trinajstić information content (AvgIpc) is 2.40. The van der Waals surface area contributed by atoms with E-state index in [2.05, 4.69) is 5.32 Å². The zero-order valence-corrected chi connectivity index (χ0v) is 12.0. The molecule has 19 heavy (non-hydrogen) atoms. The van der Waals surface area contributed by atoms with E-state index in [1.54, 1.807) is 6.92 Å². The Labute approximate surface area is 117 Å². The van der Waals surface area contributed by atoms with Gasteiger partial charge in [0, 0.05) is 6.04 Å². The van der Waals surface area contributed by atoms with Gasteiger partial charge in [0.1, 0.15) is 6.54 Å². The molecule has 0 aromatic rings. The van der Waals surface area contributed by atoms with Crippen LogP contribution in [0, 0.1) is 0 Å². The first-order chi connectivity index (χ1) is 9.08. The summed E-state index contributed by atoms with van der Waals surface area (Å²) in [5.74, 6) is -0.441. The molecular weight excluding hydrogens is 264 g/mol. The van der Waals surface area contributed by atoms with Gasteiger partial charge in [-0.1, -0.05) is 19.3 Å². The molecule has 5 nitrogen and oxygen atoms in total. The first-order valence-electron chi connectivity index (χ1n) is 6.83. The largest absolute Gasteiger partial charge is 0.352 e. The van der Waals surface area contributed by atoms with Crippen molar-refractivity contribution in [1.29, 1.82) is 0 Å². The molecule has 0 aromatic carbocycles. The fraction of sp³-hybridized carbons (Fsp3) is 0.769. The Balaban J connectivity index is 1.86. The first kappa shape index (κ1) is 14.4. The molecule has 106 valence electrons. The number of nitrogens with zero attached hydrogens (tertiary/aromatic N) is 1. The smallest absolute Gasteiger partial charge is 0.242 e. The molecule has 0 unspecified atom stereocenters. The average molecular weight is 284 g/mol. The van der Waals surface area contributed by atoms with Gasteiger partial charge in [-0.15, -0.1) is 11.8 Å². The molecule has 1 aliphatic heterocycles. The summed E-state index contributed by atoms with van der Waals surface area (Å²) >= 11 is 1.33. The van der Waals surface area contributed by atoms with Gasteiger partial charge in [-0.05, 0) is 19.8 Å². The number of thioether (sulfide) groups is 1. The van der Waals surface area contributed by atoms with E-state index < -0.39 is 0 Å². The van der Waals surface area contributed by atoms with E-state index >= 15 is 0 Å². The van der Waals surface area contributed by atoms with Crippen LogP contribution in [0.4, 0.5) is 0 Å². The third kappa shape index (κ3) is 3.72. The minimum absolute atomic E-state index is 0.126. The van der Waals surface area contributed by atoms with Crippen molar-refractivity contribution in [2.45, 2.75) is 50.3 Å². The predicted octanol–water partition coefficient (Wildman–Crippen LogP) is 0.926. The molecule has 0 radical (unpaired) electrons. The Morgan fingerprint density at radius 1 is 1.32 bits per heavy atom. The third-order valence-electron chi connectivity index (χ3n) is 3.64. The summed E-state index contributed by atoms with van der Waals surface area (Å²) in [5, 5.41) is 2.69. The summed E-state index contributed by atoms with van der Waals surface area (Å²) in [7, 11) is 0. The molecule has 2 aliphatic rings. The summed E-state index contributed by atoms with van der Waals surface area (Å²) < 4.78 is 0. The van der Waals surface area contributed by atoms with Gasteiger partial charge in [0.15, 0.2) is 0 Å². The maximum absolute atomic E-state index is 11.9. The SMILES string of the molecule is C[C@@H]1SCC(=O)N(CC(=O)NC2CCCCC2)C1=O. The van der Waals surface area contributed by atoms with E-state index in [1.165, 1.54) is 18.2 Å². The summed E-state index contributed by atoms with van der Waals surface area (Å²) in [6.45, 7) is 1.64. The van der Waals surface area contributed by atoms with Gasteiger partial charge < -0.3 is 5.32 Å². The lowest BCUT2D eigenvalue weighted by Gasteiger charge is -2.29. The summed E-state index contributed by atoms with van der Waals surface area (Å²) in [5.41, 5.74) is 0. The highest BCUT2D eigenvalue weighted by Crippen LogP contribution is 2.20. The van der Waals surface area contributed by atoms with Crippen molar-refractivity contribution in [3.8, 4) is 0 Å². The highest BCUT2D eigenvalue weighted by Gasteiger charge is 2.33. The van der Waals surface area contributed by atoms with E-state index in [-0.39, 0.29) is 41.3 Å². The molecule has 0 bridgehead atoms. The van der Waals surface area contributed by atoms with Gasteiger partial charge in [-0.2, -0.15) is 0 Å². The molecule has 1 N–H and O–H groups in total. The highest BCUT2D eigenvalue weighted by atomic mass is 32.2. The molecule has 1 aliphatic carbocycles. The first-order valence-corrected chi connectivity index (χ1v) is 7.88. The van der Waals surface area contributed by atoms with Crippen LogP contribution in [0.15, 0.2) is 0 Å². The number of imide groups is 1. The lowest BCUT2D eigenvalue weighted by atomic mass is 9.95. The lowest BCUT2D eigenvalue weighted by molar-refractivity contribution is -0.146. The third-order valence-corrected chi connectivity index (χ3v) is 4.76. The van der Waals surface area contributed by atoms with Crippen LogP contribution in [-0.2, 0) is 14.4 Å². The van der Waals surface area contributed by atoms with Crippen LogP contribution >= 0.6 is 11.8 Å². The van der Waals surface area contributed by atoms with Gasteiger partial charge in [-0.25, -0.2) is 0 Å². The fourth-order valence-corrected chi connectivity index (χ4v) is 3.34. The number of hydrogen-bond donors (Lipinski definition) is 1. The Morgan fingerprint density at radius 3 is 2.68 bits per heavy atom. The quantitative estimate of drug-likeness (QED) is 0.783. The van der Waals surface area contributed by atoms with Gasteiger partial charge in [0.2, 0.25) is 17.7 Å². The van der Waals surface area contributed by atoms with Crippen LogP contribution in [0.1, 0.15) is 39.0 Å². The molecule has 6 heteroatoms. The van der Waals surface area contributed by atoms with Crippen molar-refractivity contribution in [2.24, 2.45) is 0 Å². The standard InChI is InChI=1S/C13H20N2O3S/c1-9-13(18)15(12(17)8-19-9)7-11(16)14-10-5-3-2-4-6-10/h9-10H,2-8H2,1H3,(H,14,16)/t9-/m0/s1. The van der Waals surface area contributed by atoms with Crippen molar-refractivity contribution in [1.82, 2.24) is 10.2 Å². The minimum atomic E-state index is -0.258. The van der Waals surface area contributed by atoms with Crippen molar-refractivity contribution in [3.05, 3.63) is 0 Å². The summed E-state index contributed by atoms with van der Waals surface area (Å²) in [6, 6.07) is 0.211. The predicted molar refractivity (Wildman–Crippen MR) is 73.7 cm³/mol. The number of carbonyl (C=O) groups excluding carboxylic acids is 3. The number of amides is 3. The normalized spacial score (nSPS) is 25.5. The monoisotopic (exact) mass is 284 g/mol. The molecule has 2 fully saturated rings. The number of carbonyl (C=O) groups is 3. The molecule has 2 rings (SSSR count). The molecule has 0 aromatic heterocycles. The second-order valence-electron chi connectivity index (χ2n) is 5.17. The second-order valence-corrected chi connectivity index (χ2v) is 6.50. The van der Waals surface area contributed by atoms with E-state index in [9.17, 15) is 14.4 Å². The van der Waals surface area contributed by atoms with Crippen LogP contribution in [0.25, 0.3) is 0 Å². The second kappa shape index (κ2) is 6.41. The van der Waals surface area contributed by atoms with Gasteiger partial charge >= 0.3 is 0 Å². The Bertz CT molecular complexity index is 380. The van der Waals surface area contributed by atoms with Gasteiger partial charge in [-0.3, -0.25) is 19.3 Å². The van der Waals surface area contributed by atoms with Crippen LogP contribution in [0.5, 0.6) is 0 Å². The number of rotatable bonds is 3. The Hall–Kier alpha value is -1.04. The molecule has 3 amide bonds. The Kier molecular flexibility index (Phi) is 4.85. The van der Waals surface area contributed by atoms with Crippen molar-refractivity contribution in [3.63, 3.8) is 0 Å². The van der Waals surface area contributed by atoms with Gasteiger partial charge in [0.25, 0.3) is 0 Å². The number of nitrogens with one attached hydrogen (secondary N) is 1. The van der Waals surface area contributed by atoms with E-state index in [1.807, 2.05) is 0 Å². The highest BCUT2D eigenvalue weighted by molar-refractivity contribution is 8.01. The topological polar surface area (TPSA) is 66.5 Å². The zero-order chi connectivity index (χ0) is 13.8. The van der Waals surface area contributed by atoms with Crippen LogP contribution in [0.2, 0.25) is 0 Å². The molecule has 1 heterocycles. The van der Waals surface area contributed by atoms with Crippen LogP contribution in [0.3, 0.4) is 0 Å². The molecular formula is C13H20N2O3S. The fourth-order valence-electron chi connectivity index (χ4n) is 2.52. The maximum Gasteiger partial charge on any atom is 0.242 e. The molecule has 1 atom stereocenters. The van der Waals surface area contributed by atoms with Crippen molar-refractivity contribution >= 4 is 29.5 Å². The maximum atomic E-state index is 11.9. The zero-order valence-electron chi connectivity index (χ0n) is 11.2. The molecule has 1 saturated carbocycles. The Morgan fingerprint density at radius 2 is 2.00 bits per heavy atom. The molecule has 1 saturated heterocycles.